The van der Waals surface area contributed by atoms with Crippen molar-refractivity contribution in [1.82, 2.24) is 10.6 Å². The van der Waals surface area contributed by atoms with Crippen molar-refractivity contribution >= 4 is 0 Å². The molecule has 29 heavy (non-hydrogen) atoms. The number of halogens is 3. The predicted molar refractivity (Wildman–Crippen MR) is 109 cm³/mol. The zero-order valence-corrected chi connectivity index (χ0v) is 16.9. The molecule has 2 aromatic rings. The van der Waals surface area contributed by atoms with E-state index in [1.165, 1.54) is 11.6 Å². The lowest BCUT2D eigenvalue weighted by atomic mass is 9.92. The maximum atomic E-state index is 12.9. The van der Waals surface area contributed by atoms with E-state index in [0.29, 0.717) is 12.1 Å². The van der Waals surface area contributed by atoms with Crippen LogP contribution in [0.2, 0.25) is 0 Å². The number of alkyl halides is 3. The van der Waals surface area contributed by atoms with Gasteiger partial charge in [0.2, 0.25) is 0 Å². The minimum absolute atomic E-state index is 0.128. The molecule has 0 aromatic heterocycles. The molecule has 1 saturated heterocycles. The van der Waals surface area contributed by atoms with E-state index in [9.17, 15) is 13.2 Å². The van der Waals surface area contributed by atoms with Gasteiger partial charge < -0.3 is 15.4 Å². The van der Waals surface area contributed by atoms with Crippen LogP contribution >= 0.6 is 0 Å². The zero-order chi connectivity index (χ0) is 20.9. The van der Waals surface area contributed by atoms with Gasteiger partial charge in [-0.2, -0.15) is 0 Å². The number of ether oxygens (including phenoxy) is 1. The largest absolute Gasteiger partial charge is 0.573 e. The second-order valence-corrected chi connectivity index (χ2v) is 7.70. The molecule has 0 radical (unpaired) electrons. The van der Waals surface area contributed by atoms with E-state index in [-0.39, 0.29) is 23.8 Å². The van der Waals surface area contributed by atoms with Crippen molar-refractivity contribution in [1.29, 1.82) is 0 Å². The van der Waals surface area contributed by atoms with Crippen LogP contribution in [-0.4, -0.2) is 18.9 Å². The normalized spacial score (nSPS) is 21.0. The Morgan fingerprint density at radius 1 is 1.17 bits per heavy atom. The van der Waals surface area contributed by atoms with E-state index in [0.717, 1.165) is 31.4 Å². The van der Waals surface area contributed by atoms with Crippen LogP contribution in [0.25, 0.3) is 0 Å². The predicted octanol–water partition coefficient (Wildman–Crippen LogP) is 5.68. The SMILES string of the molecule is CCC(C)c1ccc(OC(F)(F)F)c(CNC2CCCNC2c2ccccc2)c1. The van der Waals surface area contributed by atoms with Crippen LogP contribution in [-0.2, 0) is 6.54 Å². The van der Waals surface area contributed by atoms with Gasteiger partial charge in [-0.1, -0.05) is 56.3 Å². The first-order valence-corrected chi connectivity index (χ1v) is 10.3. The molecule has 3 atom stereocenters. The average molecular weight is 406 g/mol. The smallest absolute Gasteiger partial charge is 0.405 e. The fourth-order valence-corrected chi connectivity index (χ4v) is 3.86. The van der Waals surface area contributed by atoms with Gasteiger partial charge in [-0.25, -0.2) is 0 Å². The van der Waals surface area contributed by atoms with Crippen molar-refractivity contribution in [2.75, 3.05) is 6.54 Å². The van der Waals surface area contributed by atoms with Gasteiger partial charge in [0.05, 0.1) is 0 Å². The van der Waals surface area contributed by atoms with Gasteiger partial charge in [0.25, 0.3) is 0 Å². The number of hydrogen-bond acceptors (Lipinski definition) is 3. The summed E-state index contributed by atoms with van der Waals surface area (Å²) in [5.74, 6) is 0.152. The molecule has 1 fully saturated rings. The minimum Gasteiger partial charge on any atom is -0.405 e. The third-order valence-corrected chi connectivity index (χ3v) is 5.66. The Balaban J connectivity index is 1.79. The van der Waals surface area contributed by atoms with Gasteiger partial charge in [-0.3, -0.25) is 0 Å². The molecule has 158 valence electrons. The Bertz CT molecular complexity index is 779. The molecule has 3 nitrogen and oxygen atoms in total. The van der Waals surface area contributed by atoms with Crippen LogP contribution in [0.4, 0.5) is 13.2 Å². The average Bonchev–Trinajstić information content (AvgIpc) is 2.72. The molecule has 0 aliphatic carbocycles. The maximum absolute atomic E-state index is 12.9. The first-order chi connectivity index (χ1) is 13.9. The summed E-state index contributed by atoms with van der Waals surface area (Å²) in [7, 11) is 0. The summed E-state index contributed by atoms with van der Waals surface area (Å²) >= 11 is 0. The third kappa shape index (κ3) is 5.97. The molecule has 2 N–H and O–H groups in total. The first kappa shape index (κ1) is 21.7. The lowest BCUT2D eigenvalue weighted by Crippen LogP contribution is -2.45. The summed E-state index contributed by atoms with van der Waals surface area (Å²) in [6.07, 6.45) is -1.78. The van der Waals surface area contributed by atoms with Crippen LogP contribution < -0.4 is 15.4 Å². The molecule has 3 unspecified atom stereocenters. The quantitative estimate of drug-likeness (QED) is 0.620. The summed E-state index contributed by atoms with van der Waals surface area (Å²) in [4.78, 5) is 0. The highest BCUT2D eigenvalue weighted by atomic mass is 19.4. The summed E-state index contributed by atoms with van der Waals surface area (Å²) in [6, 6.07) is 15.5. The zero-order valence-electron chi connectivity index (χ0n) is 16.9. The number of hydrogen-bond donors (Lipinski definition) is 2. The van der Waals surface area contributed by atoms with E-state index >= 15 is 0 Å². The monoisotopic (exact) mass is 406 g/mol. The van der Waals surface area contributed by atoms with Gasteiger partial charge in [0.15, 0.2) is 0 Å². The van der Waals surface area contributed by atoms with Gasteiger partial charge in [0.1, 0.15) is 5.75 Å². The van der Waals surface area contributed by atoms with Crippen molar-refractivity contribution in [2.45, 2.75) is 64.0 Å². The summed E-state index contributed by atoms with van der Waals surface area (Å²) in [6.45, 7) is 5.41. The van der Waals surface area contributed by atoms with E-state index < -0.39 is 6.36 Å². The molecule has 1 aliphatic rings. The van der Waals surface area contributed by atoms with E-state index in [4.69, 9.17) is 0 Å². The molecule has 6 heteroatoms. The van der Waals surface area contributed by atoms with Crippen molar-refractivity contribution in [3.05, 3.63) is 65.2 Å². The highest BCUT2D eigenvalue weighted by Crippen LogP contribution is 2.31. The Morgan fingerprint density at radius 2 is 1.93 bits per heavy atom. The fourth-order valence-electron chi connectivity index (χ4n) is 3.86. The lowest BCUT2D eigenvalue weighted by Gasteiger charge is -2.34. The van der Waals surface area contributed by atoms with Gasteiger partial charge >= 0.3 is 6.36 Å². The molecular weight excluding hydrogens is 377 g/mol. The van der Waals surface area contributed by atoms with Gasteiger partial charge in [-0.15, -0.1) is 13.2 Å². The van der Waals surface area contributed by atoms with Crippen LogP contribution in [0.15, 0.2) is 48.5 Å². The Kier molecular flexibility index (Phi) is 7.19. The number of rotatable bonds is 7. The molecule has 0 bridgehead atoms. The first-order valence-electron chi connectivity index (χ1n) is 10.3. The summed E-state index contributed by atoms with van der Waals surface area (Å²) in [5, 5.41) is 7.03. The molecule has 3 rings (SSSR count). The Hall–Kier alpha value is -2.05. The fraction of sp³-hybridized carbons (Fsp3) is 0.478. The lowest BCUT2D eigenvalue weighted by molar-refractivity contribution is -0.274. The number of benzene rings is 2. The molecule has 1 heterocycles. The standard InChI is InChI=1S/C23H29F3N2O/c1-3-16(2)18-11-12-21(29-23(24,25)26)19(14-18)15-28-20-10-7-13-27-22(20)17-8-5-4-6-9-17/h4-6,8-9,11-12,14,16,20,22,27-28H,3,7,10,13,15H2,1-2H3. The molecule has 0 amide bonds. The van der Waals surface area contributed by atoms with E-state index in [2.05, 4.69) is 41.4 Å². The second-order valence-electron chi connectivity index (χ2n) is 7.70. The Labute approximate surface area is 170 Å². The molecule has 1 aliphatic heterocycles. The van der Waals surface area contributed by atoms with E-state index in [1.54, 1.807) is 6.07 Å². The number of nitrogens with one attached hydrogen (secondary N) is 2. The summed E-state index contributed by atoms with van der Waals surface area (Å²) in [5.41, 5.74) is 2.75. The molecule has 0 spiro atoms. The third-order valence-electron chi connectivity index (χ3n) is 5.66. The van der Waals surface area contributed by atoms with Crippen LogP contribution in [0.1, 0.15) is 61.8 Å². The highest BCUT2D eigenvalue weighted by molar-refractivity contribution is 5.39. The topological polar surface area (TPSA) is 33.3 Å². The highest BCUT2D eigenvalue weighted by Gasteiger charge is 2.32. The Morgan fingerprint density at radius 3 is 2.62 bits per heavy atom. The molecular formula is C23H29F3N2O. The van der Waals surface area contributed by atoms with Crippen LogP contribution in [0.5, 0.6) is 5.75 Å². The van der Waals surface area contributed by atoms with Gasteiger partial charge in [0, 0.05) is 24.2 Å². The second kappa shape index (κ2) is 9.63. The van der Waals surface area contributed by atoms with Crippen molar-refractivity contribution in [3.8, 4) is 5.75 Å². The van der Waals surface area contributed by atoms with Crippen molar-refractivity contribution < 1.29 is 17.9 Å². The molecule has 0 saturated carbocycles. The van der Waals surface area contributed by atoms with Crippen molar-refractivity contribution in [3.63, 3.8) is 0 Å². The summed E-state index contributed by atoms with van der Waals surface area (Å²) < 4.78 is 42.9. The van der Waals surface area contributed by atoms with E-state index in [1.807, 2.05) is 24.3 Å². The maximum Gasteiger partial charge on any atom is 0.573 e. The minimum atomic E-state index is -4.70. The van der Waals surface area contributed by atoms with Crippen molar-refractivity contribution in [2.24, 2.45) is 0 Å². The molecule has 2 aromatic carbocycles. The van der Waals surface area contributed by atoms with Crippen LogP contribution in [0, 0.1) is 0 Å². The number of piperidine rings is 1. The van der Waals surface area contributed by atoms with Crippen LogP contribution in [0.3, 0.4) is 0 Å². The van der Waals surface area contributed by atoms with Gasteiger partial charge in [-0.05, 0) is 48.9 Å².